The van der Waals surface area contributed by atoms with Crippen molar-refractivity contribution in [2.75, 3.05) is 0 Å². The molecule has 0 fully saturated rings. The lowest BCUT2D eigenvalue weighted by atomic mass is 10.2. The molecule has 2 aromatic carbocycles. The Morgan fingerprint density at radius 1 is 1.19 bits per heavy atom. The number of benzene rings is 2. The van der Waals surface area contributed by atoms with Crippen LogP contribution < -0.4 is 0 Å². The summed E-state index contributed by atoms with van der Waals surface area (Å²) in [5.74, 6) is -0.997. The van der Waals surface area contributed by atoms with Gasteiger partial charge in [-0.25, -0.2) is 14.5 Å². The molecule has 102 valence electrons. The van der Waals surface area contributed by atoms with Crippen LogP contribution in [0.1, 0.15) is 10.4 Å². The zero-order valence-corrected chi connectivity index (χ0v) is 11.4. The van der Waals surface area contributed by atoms with Crippen LogP contribution in [0.25, 0.3) is 26.9 Å². The van der Waals surface area contributed by atoms with Gasteiger partial charge in [-0.3, -0.25) is 0 Å². The number of thiazole rings is 1. The van der Waals surface area contributed by atoms with E-state index < -0.39 is 5.97 Å². The smallest absolute Gasteiger partial charge is 0.337 e. The quantitative estimate of drug-likeness (QED) is 0.615. The summed E-state index contributed by atoms with van der Waals surface area (Å²) in [5.41, 5.74) is 4.68. The Labute approximate surface area is 122 Å². The Morgan fingerprint density at radius 3 is 2.95 bits per heavy atom. The van der Waals surface area contributed by atoms with Gasteiger partial charge in [-0.05, 0) is 30.3 Å². The molecule has 2 aromatic heterocycles. The van der Waals surface area contributed by atoms with Crippen molar-refractivity contribution in [3.8, 4) is 5.69 Å². The minimum absolute atomic E-state index is 0.182. The number of aromatic nitrogens is 4. The highest BCUT2D eigenvalue weighted by atomic mass is 32.1. The molecule has 2 heterocycles. The third kappa shape index (κ3) is 1.78. The molecule has 0 unspecified atom stereocenters. The second kappa shape index (κ2) is 4.35. The Kier molecular flexibility index (Phi) is 2.48. The number of carboxylic acid groups (broad SMARTS) is 1. The Bertz CT molecular complexity index is 989. The molecule has 0 saturated heterocycles. The van der Waals surface area contributed by atoms with Crippen LogP contribution in [0, 0.1) is 0 Å². The molecule has 0 spiro atoms. The SMILES string of the molecule is O=C(O)c1cccc2nnn(-c3ccc4ncsc4c3)c12. The third-order valence-corrected chi connectivity index (χ3v) is 4.05. The maximum atomic E-state index is 11.4. The molecular weight excluding hydrogens is 288 g/mol. The molecule has 1 N–H and O–H groups in total. The predicted molar refractivity (Wildman–Crippen MR) is 79.0 cm³/mol. The number of hydrogen-bond donors (Lipinski definition) is 1. The topological polar surface area (TPSA) is 80.9 Å². The van der Waals surface area contributed by atoms with E-state index in [-0.39, 0.29) is 5.56 Å². The Hall–Kier alpha value is -2.80. The average molecular weight is 296 g/mol. The second-order valence-corrected chi connectivity index (χ2v) is 5.37. The molecule has 0 aliphatic heterocycles. The van der Waals surface area contributed by atoms with Crippen molar-refractivity contribution in [1.29, 1.82) is 0 Å². The lowest BCUT2D eigenvalue weighted by molar-refractivity contribution is 0.0698. The van der Waals surface area contributed by atoms with Crippen LogP contribution in [0.5, 0.6) is 0 Å². The maximum absolute atomic E-state index is 11.4. The summed E-state index contributed by atoms with van der Waals surface area (Å²) in [6.45, 7) is 0. The first-order chi connectivity index (χ1) is 10.2. The number of fused-ring (bicyclic) bond motifs is 2. The molecule has 0 amide bonds. The van der Waals surface area contributed by atoms with Gasteiger partial charge in [0.15, 0.2) is 0 Å². The molecule has 0 atom stereocenters. The number of carbonyl (C=O) groups is 1. The minimum atomic E-state index is -0.997. The van der Waals surface area contributed by atoms with Gasteiger partial charge in [-0.15, -0.1) is 16.4 Å². The van der Waals surface area contributed by atoms with Crippen molar-refractivity contribution in [3.05, 3.63) is 47.5 Å². The monoisotopic (exact) mass is 296 g/mol. The minimum Gasteiger partial charge on any atom is -0.478 e. The van der Waals surface area contributed by atoms with Crippen LogP contribution in [0.3, 0.4) is 0 Å². The predicted octanol–water partition coefficient (Wildman–Crippen LogP) is 2.73. The van der Waals surface area contributed by atoms with E-state index in [4.69, 9.17) is 0 Å². The summed E-state index contributed by atoms with van der Waals surface area (Å²) in [4.78, 5) is 15.6. The van der Waals surface area contributed by atoms with Crippen molar-refractivity contribution in [1.82, 2.24) is 20.0 Å². The highest BCUT2D eigenvalue weighted by Gasteiger charge is 2.15. The van der Waals surface area contributed by atoms with Gasteiger partial charge in [0.1, 0.15) is 11.0 Å². The largest absolute Gasteiger partial charge is 0.478 e. The van der Waals surface area contributed by atoms with Gasteiger partial charge < -0.3 is 5.11 Å². The van der Waals surface area contributed by atoms with Gasteiger partial charge in [0.25, 0.3) is 0 Å². The number of aromatic carboxylic acids is 1. The molecular formula is C14H8N4O2S. The van der Waals surface area contributed by atoms with E-state index in [0.717, 1.165) is 15.9 Å². The first-order valence-electron chi connectivity index (χ1n) is 6.15. The van der Waals surface area contributed by atoms with E-state index >= 15 is 0 Å². The molecule has 0 bridgehead atoms. The fourth-order valence-electron chi connectivity index (χ4n) is 2.30. The molecule has 0 radical (unpaired) electrons. The summed E-state index contributed by atoms with van der Waals surface area (Å²) < 4.78 is 2.57. The molecule has 21 heavy (non-hydrogen) atoms. The van der Waals surface area contributed by atoms with Gasteiger partial charge in [-0.1, -0.05) is 11.3 Å². The van der Waals surface area contributed by atoms with Crippen molar-refractivity contribution >= 4 is 38.6 Å². The molecule has 7 heteroatoms. The molecule has 6 nitrogen and oxygen atoms in total. The molecule has 4 aromatic rings. The maximum Gasteiger partial charge on any atom is 0.337 e. The number of para-hydroxylation sites is 1. The standard InChI is InChI=1S/C14H8N4O2S/c19-14(20)9-2-1-3-11-13(9)18(17-16-11)8-4-5-10-12(6-8)21-7-15-10/h1-7H,(H,19,20). The van der Waals surface area contributed by atoms with Crippen LogP contribution in [0.15, 0.2) is 41.9 Å². The first kappa shape index (κ1) is 12.0. The number of nitrogens with zero attached hydrogens (tertiary/aromatic N) is 4. The van der Waals surface area contributed by atoms with Gasteiger partial charge >= 0.3 is 5.97 Å². The van der Waals surface area contributed by atoms with Crippen LogP contribution in [-0.4, -0.2) is 31.1 Å². The van der Waals surface area contributed by atoms with Crippen molar-refractivity contribution in [3.63, 3.8) is 0 Å². The van der Waals surface area contributed by atoms with E-state index in [1.165, 1.54) is 11.3 Å². The van der Waals surface area contributed by atoms with Gasteiger partial charge in [0, 0.05) is 0 Å². The molecule has 0 saturated carbocycles. The third-order valence-electron chi connectivity index (χ3n) is 3.26. The highest BCUT2D eigenvalue weighted by Crippen LogP contribution is 2.24. The number of carboxylic acids is 1. The van der Waals surface area contributed by atoms with E-state index in [9.17, 15) is 9.90 Å². The Morgan fingerprint density at radius 2 is 2.10 bits per heavy atom. The van der Waals surface area contributed by atoms with E-state index in [2.05, 4.69) is 15.3 Å². The molecule has 0 aliphatic rings. The number of hydrogen-bond acceptors (Lipinski definition) is 5. The zero-order chi connectivity index (χ0) is 14.4. The summed E-state index contributed by atoms with van der Waals surface area (Å²) in [7, 11) is 0. The van der Waals surface area contributed by atoms with Crippen LogP contribution in [-0.2, 0) is 0 Å². The van der Waals surface area contributed by atoms with Gasteiger partial charge in [0.2, 0.25) is 0 Å². The lowest BCUT2D eigenvalue weighted by Crippen LogP contribution is -2.03. The van der Waals surface area contributed by atoms with E-state index in [1.54, 1.807) is 28.4 Å². The van der Waals surface area contributed by atoms with E-state index in [1.807, 2.05) is 18.2 Å². The summed E-state index contributed by atoms with van der Waals surface area (Å²) >= 11 is 1.53. The highest BCUT2D eigenvalue weighted by molar-refractivity contribution is 7.16. The molecule has 0 aliphatic carbocycles. The first-order valence-corrected chi connectivity index (χ1v) is 7.03. The summed E-state index contributed by atoms with van der Waals surface area (Å²) in [5, 5.41) is 17.5. The van der Waals surface area contributed by atoms with Crippen LogP contribution in [0.2, 0.25) is 0 Å². The van der Waals surface area contributed by atoms with Gasteiger partial charge in [0.05, 0.1) is 27.0 Å². The summed E-state index contributed by atoms with van der Waals surface area (Å²) in [6.07, 6.45) is 0. The van der Waals surface area contributed by atoms with Gasteiger partial charge in [-0.2, -0.15) is 0 Å². The fraction of sp³-hybridized carbons (Fsp3) is 0. The van der Waals surface area contributed by atoms with Crippen molar-refractivity contribution in [2.45, 2.75) is 0 Å². The van der Waals surface area contributed by atoms with Crippen LogP contribution in [0.4, 0.5) is 0 Å². The molecule has 4 rings (SSSR count). The summed E-state index contributed by atoms with van der Waals surface area (Å²) in [6, 6.07) is 10.6. The normalized spacial score (nSPS) is 11.2. The van der Waals surface area contributed by atoms with Crippen LogP contribution >= 0.6 is 11.3 Å². The zero-order valence-electron chi connectivity index (χ0n) is 10.6. The van der Waals surface area contributed by atoms with E-state index in [0.29, 0.717) is 11.0 Å². The Balaban J connectivity index is 2.03. The number of rotatable bonds is 2. The van der Waals surface area contributed by atoms with Crippen molar-refractivity contribution in [2.24, 2.45) is 0 Å². The average Bonchev–Trinajstić information content (AvgIpc) is 3.12. The fourth-order valence-corrected chi connectivity index (χ4v) is 3.01. The van der Waals surface area contributed by atoms with Crippen molar-refractivity contribution < 1.29 is 9.90 Å². The lowest BCUT2D eigenvalue weighted by Gasteiger charge is -2.04. The second-order valence-electron chi connectivity index (χ2n) is 4.48.